The monoisotopic (exact) mass is 479 g/mol. The molecule has 3 aliphatic rings. The van der Waals surface area contributed by atoms with Gasteiger partial charge >= 0.3 is 12.3 Å². The van der Waals surface area contributed by atoms with Gasteiger partial charge in [-0.2, -0.15) is 13.2 Å². The standard InChI is InChI=1S/C23H21F4N3O4/c24-18-7-16(4-5-19(18)29-10-22(11-29)12-33-13-22)30-9-17(34-21(30)32)8-28-20(31)14-2-1-3-15(6-14)23(25,26)27/h1-7,17H,8-13H2,(H,28,31)/t17-/m0/s1. The third-order valence-electron chi connectivity index (χ3n) is 6.27. The molecule has 3 saturated heterocycles. The number of carbonyl (C=O) groups excluding carboxylic acids is 2. The summed E-state index contributed by atoms with van der Waals surface area (Å²) < 4.78 is 63.8. The summed E-state index contributed by atoms with van der Waals surface area (Å²) in [5.74, 6) is -1.18. The van der Waals surface area contributed by atoms with Crippen molar-refractivity contribution >= 4 is 23.4 Å². The fraction of sp³-hybridized carbons (Fsp3) is 0.391. The maximum Gasteiger partial charge on any atom is 0.416 e. The van der Waals surface area contributed by atoms with E-state index >= 15 is 0 Å². The lowest BCUT2D eigenvalue weighted by Gasteiger charge is -2.56. The first-order chi connectivity index (χ1) is 16.1. The molecule has 3 heterocycles. The molecular formula is C23H21F4N3O4. The van der Waals surface area contributed by atoms with Gasteiger partial charge in [0.1, 0.15) is 11.9 Å². The van der Waals surface area contributed by atoms with Gasteiger partial charge in [0.2, 0.25) is 0 Å². The van der Waals surface area contributed by atoms with Crippen molar-refractivity contribution in [2.45, 2.75) is 12.3 Å². The van der Waals surface area contributed by atoms with Gasteiger partial charge in [0, 0.05) is 18.7 Å². The minimum absolute atomic E-state index is 0.0602. The Balaban J connectivity index is 1.18. The summed E-state index contributed by atoms with van der Waals surface area (Å²) in [4.78, 5) is 27.8. The van der Waals surface area contributed by atoms with Crippen LogP contribution in [-0.4, -0.2) is 57.5 Å². The Hall–Kier alpha value is -3.34. The van der Waals surface area contributed by atoms with Crippen molar-refractivity contribution in [1.29, 1.82) is 0 Å². The van der Waals surface area contributed by atoms with Crippen LogP contribution in [0.15, 0.2) is 42.5 Å². The van der Waals surface area contributed by atoms with Crippen molar-refractivity contribution in [3.8, 4) is 0 Å². The van der Waals surface area contributed by atoms with E-state index in [4.69, 9.17) is 9.47 Å². The lowest BCUT2D eigenvalue weighted by molar-refractivity contribution is -0.137. The van der Waals surface area contributed by atoms with E-state index in [1.165, 1.54) is 17.0 Å². The first-order valence-corrected chi connectivity index (χ1v) is 10.7. The molecule has 0 aromatic heterocycles. The van der Waals surface area contributed by atoms with Gasteiger partial charge in [-0.05, 0) is 36.4 Å². The van der Waals surface area contributed by atoms with Gasteiger partial charge < -0.3 is 19.7 Å². The first-order valence-electron chi connectivity index (χ1n) is 10.7. The highest BCUT2D eigenvalue weighted by molar-refractivity contribution is 5.94. The maximum atomic E-state index is 14.7. The molecule has 2 aromatic rings. The smallest absolute Gasteiger partial charge is 0.416 e. The van der Waals surface area contributed by atoms with Gasteiger partial charge in [0.25, 0.3) is 5.91 Å². The van der Waals surface area contributed by atoms with Crippen molar-refractivity contribution in [1.82, 2.24) is 5.32 Å². The Morgan fingerprint density at radius 2 is 1.91 bits per heavy atom. The quantitative estimate of drug-likeness (QED) is 0.666. The topological polar surface area (TPSA) is 71.1 Å². The van der Waals surface area contributed by atoms with Crippen LogP contribution in [0, 0.1) is 11.2 Å². The Kier molecular flexibility index (Phi) is 5.38. The molecule has 7 nitrogen and oxygen atoms in total. The van der Waals surface area contributed by atoms with Crippen LogP contribution in [-0.2, 0) is 15.7 Å². The zero-order chi connectivity index (χ0) is 24.1. The van der Waals surface area contributed by atoms with Crippen LogP contribution in [0.3, 0.4) is 0 Å². The summed E-state index contributed by atoms with van der Waals surface area (Å²) in [5, 5.41) is 2.48. The number of nitrogens with one attached hydrogen (secondary N) is 1. The van der Waals surface area contributed by atoms with Crippen molar-refractivity contribution in [3.63, 3.8) is 0 Å². The summed E-state index contributed by atoms with van der Waals surface area (Å²) in [6, 6.07) is 8.55. The van der Waals surface area contributed by atoms with E-state index in [0.717, 1.165) is 31.3 Å². The third-order valence-corrected chi connectivity index (χ3v) is 6.27. The van der Waals surface area contributed by atoms with E-state index in [2.05, 4.69) is 5.32 Å². The molecular weight excluding hydrogens is 458 g/mol. The normalized spacial score (nSPS) is 21.2. The largest absolute Gasteiger partial charge is 0.442 e. The summed E-state index contributed by atoms with van der Waals surface area (Å²) in [5.41, 5.74) is -0.178. The Bertz CT molecular complexity index is 1130. The fourth-order valence-electron chi connectivity index (χ4n) is 4.41. The molecule has 3 aliphatic heterocycles. The van der Waals surface area contributed by atoms with E-state index in [9.17, 15) is 27.2 Å². The number of anilines is 2. The number of alkyl halides is 3. The lowest BCUT2D eigenvalue weighted by atomic mass is 9.78. The molecule has 2 amide bonds. The molecule has 11 heteroatoms. The molecule has 0 saturated carbocycles. The van der Waals surface area contributed by atoms with Crippen LogP contribution < -0.4 is 15.1 Å². The number of nitrogens with zero attached hydrogens (tertiary/aromatic N) is 2. The van der Waals surface area contributed by atoms with E-state index in [1.807, 2.05) is 4.90 Å². The molecule has 1 spiro atoms. The summed E-state index contributed by atoms with van der Waals surface area (Å²) in [6.45, 7) is 2.79. The average molecular weight is 479 g/mol. The fourth-order valence-corrected chi connectivity index (χ4v) is 4.41. The van der Waals surface area contributed by atoms with Gasteiger partial charge in [0.15, 0.2) is 0 Å². The van der Waals surface area contributed by atoms with Gasteiger partial charge in [-0.3, -0.25) is 9.69 Å². The minimum atomic E-state index is -4.56. The first kappa shape index (κ1) is 22.5. The molecule has 0 aliphatic carbocycles. The molecule has 34 heavy (non-hydrogen) atoms. The molecule has 0 bridgehead atoms. The van der Waals surface area contributed by atoms with Gasteiger partial charge in [-0.25, -0.2) is 9.18 Å². The number of cyclic esters (lactones) is 1. The van der Waals surface area contributed by atoms with Crippen molar-refractivity contribution in [2.24, 2.45) is 5.41 Å². The SMILES string of the molecule is O=C(NC[C@H]1CN(c2ccc(N3CC4(COC4)C3)c(F)c2)C(=O)O1)c1cccc(C(F)(F)F)c1. The number of rotatable bonds is 5. The number of amides is 2. The highest BCUT2D eigenvalue weighted by Crippen LogP contribution is 2.41. The van der Waals surface area contributed by atoms with Crippen LogP contribution in [0.5, 0.6) is 0 Å². The summed E-state index contributed by atoms with van der Waals surface area (Å²) >= 11 is 0. The number of benzene rings is 2. The van der Waals surface area contributed by atoms with Gasteiger partial charge in [-0.15, -0.1) is 0 Å². The van der Waals surface area contributed by atoms with Crippen LogP contribution in [0.4, 0.5) is 33.7 Å². The second-order valence-electron chi connectivity index (χ2n) is 8.89. The molecule has 3 fully saturated rings. The Morgan fingerprint density at radius 1 is 1.15 bits per heavy atom. The van der Waals surface area contributed by atoms with Gasteiger partial charge in [0.05, 0.1) is 48.7 Å². The van der Waals surface area contributed by atoms with Crippen LogP contribution in [0.1, 0.15) is 15.9 Å². The molecule has 180 valence electrons. The molecule has 0 radical (unpaired) electrons. The summed E-state index contributed by atoms with van der Waals surface area (Å²) in [7, 11) is 0. The van der Waals surface area contributed by atoms with E-state index in [-0.39, 0.29) is 24.1 Å². The molecule has 1 N–H and O–H groups in total. The molecule has 5 rings (SSSR count). The third kappa shape index (κ3) is 4.15. The predicted octanol–water partition coefficient (Wildman–Crippen LogP) is 3.44. The van der Waals surface area contributed by atoms with E-state index in [0.29, 0.717) is 24.6 Å². The molecule has 1 atom stereocenters. The number of ether oxygens (including phenoxy) is 2. The van der Waals surface area contributed by atoms with Crippen LogP contribution in [0.2, 0.25) is 0 Å². The number of hydrogen-bond acceptors (Lipinski definition) is 5. The van der Waals surface area contributed by atoms with Crippen molar-refractivity contribution in [2.75, 3.05) is 49.2 Å². The molecule has 2 aromatic carbocycles. The highest BCUT2D eigenvalue weighted by atomic mass is 19.4. The number of halogens is 4. The van der Waals surface area contributed by atoms with Crippen molar-refractivity contribution < 1.29 is 36.6 Å². The van der Waals surface area contributed by atoms with Crippen LogP contribution >= 0.6 is 0 Å². The predicted molar refractivity (Wildman–Crippen MR) is 113 cm³/mol. The Morgan fingerprint density at radius 3 is 2.56 bits per heavy atom. The van der Waals surface area contributed by atoms with Crippen LogP contribution in [0.25, 0.3) is 0 Å². The lowest BCUT2D eigenvalue weighted by Crippen LogP contribution is -2.66. The number of hydrogen-bond donors (Lipinski definition) is 1. The molecule has 0 unspecified atom stereocenters. The zero-order valence-corrected chi connectivity index (χ0v) is 17.9. The van der Waals surface area contributed by atoms with Gasteiger partial charge in [-0.1, -0.05) is 6.07 Å². The second-order valence-corrected chi connectivity index (χ2v) is 8.89. The van der Waals surface area contributed by atoms with Crippen molar-refractivity contribution in [3.05, 3.63) is 59.4 Å². The highest BCUT2D eigenvalue weighted by Gasteiger charge is 2.49. The van der Waals surface area contributed by atoms with E-state index in [1.54, 1.807) is 12.1 Å². The summed E-state index contributed by atoms with van der Waals surface area (Å²) in [6.07, 6.45) is -6.00. The number of carbonyl (C=O) groups is 2. The Labute approximate surface area is 192 Å². The minimum Gasteiger partial charge on any atom is -0.442 e. The second kappa shape index (κ2) is 8.15. The average Bonchev–Trinajstić information content (AvgIpc) is 3.11. The maximum absolute atomic E-state index is 14.7. The zero-order valence-electron chi connectivity index (χ0n) is 17.9. The van der Waals surface area contributed by atoms with E-state index < -0.39 is 35.7 Å².